The summed E-state index contributed by atoms with van der Waals surface area (Å²) in [5, 5.41) is 0.959. The monoisotopic (exact) mass is 1210 g/mol. The zero-order valence-corrected chi connectivity index (χ0v) is 41.8. The van der Waals surface area contributed by atoms with Gasteiger partial charge in [0.1, 0.15) is 11.7 Å². The number of benzene rings is 6. The van der Waals surface area contributed by atoms with Gasteiger partial charge in [0.05, 0.1) is 44.5 Å². The van der Waals surface area contributed by atoms with E-state index in [0.29, 0.717) is 11.3 Å². The third-order valence-electron chi connectivity index (χ3n) is 12.4. The highest BCUT2D eigenvalue weighted by Crippen LogP contribution is 2.41. The van der Waals surface area contributed by atoms with Crippen molar-refractivity contribution in [1.82, 2.24) is 0 Å². The summed E-state index contributed by atoms with van der Waals surface area (Å²) < 4.78 is 348. The van der Waals surface area contributed by atoms with Gasteiger partial charge < -0.3 is 4.74 Å². The van der Waals surface area contributed by atoms with Gasteiger partial charge in [-0.2, -0.15) is 132 Å². The third kappa shape index (κ3) is 14.9. The molecule has 0 amide bonds. The Bertz CT molecular complexity index is 3110. The normalized spacial score (nSPS) is 13.4. The lowest BCUT2D eigenvalue weighted by Crippen LogP contribution is -2.75. The number of fused-ring (bicyclic) bond motifs is 1. The summed E-state index contributed by atoms with van der Waals surface area (Å²) >= 11 is 0. The second-order valence-corrected chi connectivity index (χ2v) is 19.4. The number of pyridine rings is 1. The van der Waals surface area contributed by atoms with E-state index in [1.54, 1.807) is 22.8 Å². The maximum Gasteiger partial charge on any atom is 0.416 e. The number of esters is 1. The van der Waals surface area contributed by atoms with E-state index in [9.17, 15) is 115 Å². The van der Waals surface area contributed by atoms with Crippen LogP contribution in [0, 0.1) is 0 Å². The first-order valence-corrected chi connectivity index (χ1v) is 23.2. The Labute approximate surface area is 451 Å². The summed E-state index contributed by atoms with van der Waals surface area (Å²) in [4.78, 5) is 25.4. The molecule has 83 heavy (non-hydrogen) atoms. The van der Waals surface area contributed by atoms with Crippen LogP contribution in [0.3, 0.4) is 0 Å². The molecule has 0 saturated heterocycles. The highest BCUT2D eigenvalue weighted by Gasteiger charge is 2.47. The molecule has 0 bridgehead atoms. The fourth-order valence-corrected chi connectivity index (χ4v) is 8.87. The molecule has 0 aliphatic heterocycles. The predicted octanol–water partition coefficient (Wildman–Crippen LogP) is 15.2. The van der Waals surface area contributed by atoms with Gasteiger partial charge in [-0.3, -0.25) is 4.79 Å². The van der Waals surface area contributed by atoms with Crippen LogP contribution in [0.25, 0.3) is 10.9 Å². The van der Waals surface area contributed by atoms with E-state index in [4.69, 9.17) is 4.74 Å². The number of rotatable bonds is 8. The molecule has 4 nitrogen and oxygen atoms in total. The zero-order chi connectivity index (χ0) is 62.6. The number of Topliss-reactive ketones (excluding diaryl/α,β-unsaturated/α-hetero) is 1. The van der Waals surface area contributed by atoms with Crippen LogP contribution >= 0.6 is 0 Å². The Morgan fingerprint density at radius 3 is 0.928 bits per heavy atom. The van der Waals surface area contributed by atoms with Gasteiger partial charge in [0.15, 0.2) is 0 Å². The van der Waals surface area contributed by atoms with E-state index >= 15 is 0 Å². The average Bonchev–Trinajstić information content (AvgIpc) is 3.55. The van der Waals surface area contributed by atoms with Crippen LogP contribution in [0.5, 0.6) is 0 Å². The molecular weight excluding hydrogens is 1180 g/mol. The van der Waals surface area contributed by atoms with Crippen molar-refractivity contribution in [2.75, 3.05) is 0 Å². The molecule has 29 heteroatoms. The number of ketones is 1. The summed E-state index contributed by atoms with van der Waals surface area (Å²) in [5.74, 6) is -0.499. The van der Waals surface area contributed by atoms with Gasteiger partial charge in [-0.1, -0.05) is 91.0 Å². The van der Waals surface area contributed by atoms with E-state index in [1.807, 2.05) is 69.3 Å². The molecular formula is C54H34BF24NO3. The SMILES string of the molecule is CC(C)(C)OC(=O)c1ccc2ccccc2[n+]1CC(=O)c1ccccc1.FC(F)(F)c1cc([B-](c2cc(C(F)(F)F)cc(C(F)(F)F)c2)(c2cc(C(F)(F)F)cc(C(F)(F)F)c2)c2cc(C(F)(F)F)cc(C(F)(F)F)c2)cc(C(F)(F)F)c1. The molecule has 0 aliphatic carbocycles. The number of carbonyl (C=O) groups excluding carboxylic acids is 2. The van der Waals surface area contributed by atoms with Crippen LogP contribution in [0.4, 0.5) is 105 Å². The molecule has 0 radical (unpaired) electrons. The summed E-state index contributed by atoms with van der Waals surface area (Å²) in [7, 11) is 0. The predicted molar refractivity (Wildman–Crippen MR) is 250 cm³/mol. The van der Waals surface area contributed by atoms with Crippen LogP contribution < -0.4 is 26.4 Å². The Morgan fingerprint density at radius 2 is 0.651 bits per heavy atom. The lowest BCUT2D eigenvalue weighted by molar-refractivity contribution is -0.659. The van der Waals surface area contributed by atoms with Gasteiger partial charge in [-0.25, -0.2) is 4.79 Å². The van der Waals surface area contributed by atoms with Gasteiger partial charge in [-0.05, 0) is 57.2 Å². The van der Waals surface area contributed by atoms with Crippen LogP contribution in [0.2, 0.25) is 0 Å². The molecule has 0 spiro atoms. The summed E-state index contributed by atoms with van der Waals surface area (Å²) in [6.07, 6.45) is -54.8. The topological polar surface area (TPSA) is 47.2 Å². The van der Waals surface area contributed by atoms with Crippen LogP contribution in [0.15, 0.2) is 140 Å². The lowest BCUT2D eigenvalue weighted by Gasteiger charge is -2.46. The Balaban J connectivity index is 0.000000352. The first kappa shape index (κ1) is 64.4. The standard InChI is InChI=1S/C32H12BF24.C22H22NO3/c34-25(35,36)13-1-14(26(37,38)39)6-21(5-13)33(22-7-15(27(40,41)42)2-16(8-22)28(43,44)45,23-9-17(29(46,47)48)3-18(10-23)30(49,50)51)24-11-19(31(52,53)54)4-20(12-24)32(55,56)57;1-22(2,3)26-21(25)19-14-13-16-9-7-8-12-18(16)23(19)15-20(24)17-10-5-4-6-11-17/h1-12H;4-14H,15H2,1-3H3/q-1;+1. The van der Waals surface area contributed by atoms with E-state index in [-0.39, 0.29) is 12.3 Å². The van der Waals surface area contributed by atoms with Gasteiger partial charge >= 0.3 is 55.4 Å². The summed E-state index contributed by atoms with van der Waals surface area (Å²) in [6, 6.07) is 11.5. The summed E-state index contributed by atoms with van der Waals surface area (Å²) in [6.45, 7) is 5.54. The van der Waals surface area contributed by atoms with Crippen LogP contribution in [-0.4, -0.2) is 23.5 Å². The number of hydrogen-bond acceptors (Lipinski definition) is 3. The Morgan fingerprint density at radius 1 is 0.373 bits per heavy atom. The summed E-state index contributed by atoms with van der Waals surface area (Å²) in [5.41, 5.74) is -29.0. The van der Waals surface area contributed by atoms with Gasteiger partial charge in [0.25, 0.3) is 5.69 Å². The van der Waals surface area contributed by atoms with E-state index < -0.39 is 206 Å². The molecule has 1 heterocycles. The molecule has 0 saturated carbocycles. The molecule has 0 aliphatic rings. The lowest BCUT2D eigenvalue weighted by atomic mass is 9.12. The number of aromatic nitrogens is 1. The molecule has 0 atom stereocenters. The van der Waals surface area contributed by atoms with Crippen LogP contribution in [0.1, 0.15) is 86.1 Å². The third-order valence-corrected chi connectivity index (χ3v) is 12.4. The van der Waals surface area contributed by atoms with Crippen molar-refractivity contribution in [2.45, 2.75) is 82.3 Å². The van der Waals surface area contributed by atoms with Crippen molar-refractivity contribution in [2.24, 2.45) is 0 Å². The van der Waals surface area contributed by atoms with Crippen molar-refractivity contribution in [3.8, 4) is 0 Å². The van der Waals surface area contributed by atoms with Crippen molar-refractivity contribution >= 4 is 50.7 Å². The fraction of sp³-hybridized carbons (Fsp3) is 0.241. The molecule has 0 fully saturated rings. The molecule has 0 N–H and O–H groups in total. The second kappa shape index (κ2) is 22.1. The second-order valence-electron chi connectivity index (χ2n) is 19.4. The number of ether oxygens (including phenoxy) is 1. The van der Waals surface area contributed by atoms with Gasteiger partial charge in [0.2, 0.25) is 17.8 Å². The van der Waals surface area contributed by atoms with Crippen molar-refractivity contribution < 1.29 is 124 Å². The van der Waals surface area contributed by atoms with Gasteiger partial charge in [0, 0.05) is 23.1 Å². The smallest absolute Gasteiger partial charge is 0.416 e. The molecule has 7 aromatic rings. The molecule has 7 rings (SSSR count). The highest BCUT2D eigenvalue weighted by atomic mass is 19.4. The largest absolute Gasteiger partial charge is 0.452 e. The van der Waals surface area contributed by atoms with E-state index in [1.165, 1.54) is 0 Å². The highest BCUT2D eigenvalue weighted by molar-refractivity contribution is 7.20. The molecule has 444 valence electrons. The quantitative estimate of drug-likeness (QED) is 0.0501. The minimum Gasteiger partial charge on any atom is -0.452 e. The van der Waals surface area contributed by atoms with Crippen molar-refractivity contribution in [1.29, 1.82) is 0 Å². The minimum absolute atomic E-state index is 0.0586. The number of halogens is 24. The number of para-hydroxylation sites is 1. The number of nitrogens with zero attached hydrogens (tertiary/aromatic N) is 1. The van der Waals surface area contributed by atoms with Crippen LogP contribution in [-0.2, 0) is 60.7 Å². The van der Waals surface area contributed by atoms with Crippen molar-refractivity contribution in [3.05, 3.63) is 195 Å². The van der Waals surface area contributed by atoms with E-state index in [2.05, 4.69) is 0 Å². The zero-order valence-electron chi connectivity index (χ0n) is 41.8. The van der Waals surface area contributed by atoms with E-state index in [0.717, 1.165) is 10.9 Å². The van der Waals surface area contributed by atoms with Gasteiger partial charge in [-0.15, -0.1) is 0 Å². The Hall–Kier alpha value is -7.75. The molecule has 1 aromatic heterocycles. The Kier molecular flexibility index (Phi) is 17.2. The molecule has 6 aromatic carbocycles. The first-order valence-electron chi connectivity index (χ1n) is 23.2. The fourth-order valence-electron chi connectivity index (χ4n) is 8.87. The van der Waals surface area contributed by atoms with Crippen molar-refractivity contribution in [3.63, 3.8) is 0 Å². The average molecular weight is 1210 g/mol. The maximum absolute atomic E-state index is 14.2. The number of alkyl halides is 24. The number of carbonyl (C=O) groups is 2. The number of hydrogen-bond donors (Lipinski definition) is 0. The minimum atomic E-state index is -6.13. The maximum atomic E-state index is 14.2. The first-order chi connectivity index (χ1) is 37.6. The molecule has 0 unspecified atom stereocenters.